The molecule has 0 spiro atoms. The molecule has 3 nitrogen and oxygen atoms in total. The fraction of sp³-hybridized carbons (Fsp3) is 1.00. The fourth-order valence-corrected chi connectivity index (χ4v) is 2.39. The Morgan fingerprint density at radius 1 is 1.43 bits per heavy atom. The minimum Gasteiger partial charge on any atom is -0.392 e. The summed E-state index contributed by atoms with van der Waals surface area (Å²) in [6.45, 7) is 1.97. The lowest BCUT2D eigenvalue weighted by atomic mass is 9.91. The molecule has 1 heterocycles. The number of aliphatic hydroxyl groups is 1. The highest BCUT2D eigenvalue weighted by molar-refractivity contribution is 4.83. The number of hydrogen-bond donors (Lipinski definition) is 2. The number of nitrogens with zero attached hydrogens (tertiary/aromatic N) is 1. The summed E-state index contributed by atoms with van der Waals surface area (Å²) in [6.07, 6.45) is 6.21. The van der Waals surface area contributed by atoms with Crippen LogP contribution in [-0.4, -0.2) is 48.3 Å². The second kappa shape index (κ2) is 4.60. The molecule has 2 rings (SSSR count). The lowest BCUT2D eigenvalue weighted by molar-refractivity contribution is 0.152. The number of hydrogen-bond acceptors (Lipinski definition) is 3. The monoisotopic (exact) mass is 198 g/mol. The van der Waals surface area contributed by atoms with Crippen LogP contribution < -0.4 is 5.32 Å². The molecule has 1 saturated carbocycles. The Balaban J connectivity index is 1.61. The van der Waals surface area contributed by atoms with Crippen LogP contribution in [0.1, 0.15) is 32.1 Å². The van der Waals surface area contributed by atoms with Crippen LogP contribution in [0.5, 0.6) is 0 Å². The first-order chi connectivity index (χ1) is 6.75. The molecule has 14 heavy (non-hydrogen) atoms. The van der Waals surface area contributed by atoms with Crippen LogP contribution in [0, 0.1) is 0 Å². The van der Waals surface area contributed by atoms with Crippen molar-refractivity contribution in [2.75, 3.05) is 20.1 Å². The molecule has 1 saturated heterocycles. The maximum absolute atomic E-state index is 9.36. The van der Waals surface area contributed by atoms with E-state index < -0.39 is 0 Å². The highest BCUT2D eigenvalue weighted by atomic mass is 16.3. The molecule has 3 heteroatoms. The van der Waals surface area contributed by atoms with Crippen LogP contribution >= 0.6 is 0 Å². The summed E-state index contributed by atoms with van der Waals surface area (Å²) >= 11 is 0. The van der Waals surface area contributed by atoms with E-state index in [0.717, 1.165) is 19.0 Å². The Hall–Kier alpha value is -0.120. The standard InChI is InChI=1S/C11H22N2O/c1-13(10-3-2-4-10)6-5-9-7-11(14)8-12-9/h9-12,14H,2-8H2,1H3. The van der Waals surface area contributed by atoms with Gasteiger partial charge in [-0.15, -0.1) is 0 Å². The van der Waals surface area contributed by atoms with E-state index in [2.05, 4.69) is 17.3 Å². The molecule has 0 aromatic heterocycles. The second-order valence-corrected chi connectivity index (χ2v) is 4.85. The van der Waals surface area contributed by atoms with Crippen molar-refractivity contribution in [2.24, 2.45) is 0 Å². The number of rotatable bonds is 4. The summed E-state index contributed by atoms with van der Waals surface area (Å²) in [5.41, 5.74) is 0. The Morgan fingerprint density at radius 2 is 2.21 bits per heavy atom. The van der Waals surface area contributed by atoms with Crippen LogP contribution in [-0.2, 0) is 0 Å². The quantitative estimate of drug-likeness (QED) is 0.694. The molecule has 2 atom stereocenters. The molecule has 0 aromatic rings. The average Bonchev–Trinajstić information content (AvgIpc) is 2.45. The Morgan fingerprint density at radius 3 is 2.71 bits per heavy atom. The Labute approximate surface area is 86.5 Å². The zero-order valence-electron chi connectivity index (χ0n) is 9.08. The predicted molar refractivity (Wildman–Crippen MR) is 57.3 cm³/mol. The van der Waals surface area contributed by atoms with Crippen molar-refractivity contribution < 1.29 is 5.11 Å². The minimum absolute atomic E-state index is 0.103. The number of nitrogens with one attached hydrogen (secondary N) is 1. The van der Waals surface area contributed by atoms with Crippen molar-refractivity contribution in [1.82, 2.24) is 10.2 Å². The molecule has 2 aliphatic rings. The van der Waals surface area contributed by atoms with Crippen molar-refractivity contribution >= 4 is 0 Å². The molecule has 0 aromatic carbocycles. The molecule has 0 bridgehead atoms. The van der Waals surface area contributed by atoms with Gasteiger partial charge in [-0.3, -0.25) is 0 Å². The van der Waals surface area contributed by atoms with Gasteiger partial charge in [0.1, 0.15) is 0 Å². The molecule has 0 amide bonds. The summed E-state index contributed by atoms with van der Waals surface area (Å²) in [7, 11) is 2.23. The van der Waals surface area contributed by atoms with Gasteiger partial charge in [0, 0.05) is 18.6 Å². The van der Waals surface area contributed by atoms with Gasteiger partial charge in [-0.25, -0.2) is 0 Å². The van der Waals surface area contributed by atoms with E-state index in [0.29, 0.717) is 6.04 Å². The second-order valence-electron chi connectivity index (χ2n) is 4.85. The van der Waals surface area contributed by atoms with E-state index in [1.54, 1.807) is 0 Å². The molecular weight excluding hydrogens is 176 g/mol. The first-order valence-corrected chi connectivity index (χ1v) is 5.87. The zero-order chi connectivity index (χ0) is 9.97. The summed E-state index contributed by atoms with van der Waals surface area (Å²) in [4.78, 5) is 2.48. The van der Waals surface area contributed by atoms with Gasteiger partial charge in [-0.05, 0) is 39.3 Å². The third-order valence-electron chi connectivity index (χ3n) is 3.73. The van der Waals surface area contributed by atoms with E-state index in [-0.39, 0.29) is 6.10 Å². The summed E-state index contributed by atoms with van der Waals surface area (Å²) in [5, 5.41) is 12.7. The Kier molecular flexibility index (Phi) is 3.42. The van der Waals surface area contributed by atoms with Gasteiger partial charge in [-0.1, -0.05) is 6.42 Å². The van der Waals surface area contributed by atoms with Crippen molar-refractivity contribution in [1.29, 1.82) is 0 Å². The molecule has 2 unspecified atom stereocenters. The molecule has 2 fully saturated rings. The van der Waals surface area contributed by atoms with Gasteiger partial charge in [-0.2, -0.15) is 0 Å². The van der Waals surface area contributed by atoms with E-state index in [9.17, 15) is 5.11 Å². The SMILES string of the molecule is CN(CCC1CC(O)CN1)C1CCC1. The van der Waals surface area contributed by atoms with E-state index >= 15 is 0 Å². The summed E-state index contributed by atoms with van der Waals surface area (Å²) < 4.78 is 0. The first-order valence-electron chi connectivity index (χ1n) is 5.87. The summed E-state index contributed by atoms with van der Waals surface area (Å²) in [5.74, 6) is 0. The third kappa shape index (κ3) is 2.47. The topological polar surface area (TPSA) is 35.5 Å². The van der Waals surface area contributed by atoms with E-state index in [1.165, 1.54) is 32.2 Å². The molecule has 1 aliphatic heterocycles. The van der Waals surface area contributed by atoms with Gasteiger partial charge in [0.15, 0.2) is 0 Å². The van der Waals surface area contributed by atoms with Crippen molar-refractivity contribution in [3.05, 3.63) is 0 Å². The molecule has 0 radical (unpaired) electrons. The van der Waals surface area contributed by atoms with Gasteiger partial charge < -0.3 is 15.3 Å². The van der Waals surface area contributed by atoms with E-state index in [4.69, 9.17) is 0 Å². The zero-order valence-corrected chi connectivity index (χ0v) is 9.08. The van der Waals surface area contributed by atoms with Crippen molar-refractivity contribution in [2.45, 2.75) is 50.3 Å². The van der Waals surface area contributed by atoms with Crippen LogP contribution in [0.15, 0.2) is 0 Å². The summed E-state index contributed by atoms with van der Waals surface area (Å²) in [6, 6.07) is 1.40. The molecule has 2 N–H and O–H groups in total. The van der Waals surface area contributed by atoms with Crippen LogP contribution in [0.25, 0.3) is 0 Å². The molecule has 82 valence electrons. The average molecular weight is 198 g/mol. The normalized spacial score (nSPS) is 33.6. The largest absolute Gasteiger partial charge is 0.392 e. The van der Waals surface area contributed by atoms with Crippen molar-refractivity contribution in [3.8, 4) is 0 Å². The van der Waals surface area contributed by atoms with Crippen molar-refractivity contribution in [3.63, 3.8) is 0 Å². The first kappa shape index (κ1) is 10.4. The highest BCUT2D eigenvalue weighted by Crippen LogP contribution is 2.24. The smallest absolute Gasteiger partial charge is 0.0679 e. The fourth-order valence-electron chi connectivity index (χ4n) is 2.39. The third-order valence-corrected chi connectivity index (χ3v) is 3.73. The number of aliphatic hydroxyl groups excluding tert-OH is 1. The molecular formula is C11H22N2O. The Bertz CT molecular complexity index is 180. The maximum atomic E-state index is 9.36. The van der Waals surface area contributed by atoms with E-state index in [1.807, 2.05) is 0 Å². The minimum atomic E-state index is -0.103. The van der Waals surface area contributed by atoms with Gasteiger partial charge in [0.25, 0.3) is 0 Å². The predicted octanol–water partition coefficient (Wildman–Crippen LogP) is 0.584. The van der Waals surface area contributed by atoms with Crippen LogP contribution in [0.2, 0.25) is 0 Å². The lowest BCUT2D eigenvalue weighted by Crippen LogP contribution is -2.39. The number of β-amino-alcohol motifs (C(OH)–C–C–N with tert-alkyl or cyclic N) is 1. The van der Waals surface area contributed by atoms with Gasteiger partial charge in [0.05, 0.1) is 6.10 Å². The highest BCUT2D eigenvalue weighted by Gasteiger charge is 2.25. The lowest BCUT2D eigenvalue weighted by Gasteiger charge is -2.35. The van der Waals surface area contributed by atoms with Crippen LogP contribution in [0.3, 0.4) is 0 Å². The van der Waals surface area contributed by atoms with Gasteiger partial charge in [0.2, 0.25) is 0 Å². The maximum Gasteiger partial charge on any atom is 0.0679 e. The molecule has 1 aliphatic carbocycles. The van der Waals surface area contributed by atoms with Crippen LogP contribution in [0.4, 0.5) is 0 Å². The van der Waals surface area contributed by atoms with Gasteiger partial charge >= 0.3 is 0 Å².